The van der Waals surface area contributed by atoms with Crippen molar-refractivity contribution in [3.05, 3.63) is 84.3 Å². The van der Waals surface area contributed by atoms with E-state index in [2.05, 4.69) is 35.6 Å². The monoisotopic (exact) mass is 689 g/mol. The summed E-state index contributed by atoms with van der Waals surface area (Å²) >= 11 is 0. The molecule has 0 aliphatic rings. The van der Waals surface area contributed by atoms with Gasteiger partial charge in [-0.25, -0.2) is 23.2 Å². The highest BCUT2D eigenvalue weighted by Crippen LogP contribution is 2.32. The smallest absolute Gasteiger partial charge is 0.442 e. The number of aromatic nitrogens is 2. The van der Waals surface area contributed by atoms with Gasteiger partial charge in [0.1, 0.15) is 11.6 Å². The van der Waals surface area contributed by atoms with Gasteiger partial charge in [0.05, 0.1) is 34.2 Å². The average Bonchev–Trinajstić information content (AvgIpc) is 3.02. The van der Waals surface area contributed by atoms with E-state index in [0.717, 1.165) is 0 Å². The SMILES string of the molecule is CCOC(=O)N=S(C)(=O)c1ccc(Nc2ncc(-c3ccc(NC(=O)Nc4cc(C(F)(F)F)ccc4F)cc3)c(NC(C)CO)n2)cc1. The second kappa shape index (κ2) is 15.1. The van der Waals surface area contributed by atoms with Crippen molar-refractivity contribution >= 4 is 50.7 Å². The molecular formula is C31H31F4N7O5S. The van der Waals surface area contributed by atoms with Crippen molar-refractivity contribution in [2.24, 2.45) is 4.36 Å². The summed E-state index contributed by atoms with van der Waals surface area (Å²) in [4.78, 5) is 33.3. The number of nitrogens with one attached hydrogen (secondary N) is 4. The second-order valence-corrected chi connectivity index (χ2v) is 12.5. The third kappa shape index (κ3) is 9.38. The van der Waals surface area contributed by atoms with Crippen molar-refractivity contribution in [1.82, 2.24) is 9.97 Å². The molecule has 17 heteroatoms. The molecule has 12 nitrogen and oxygen atoms in total. The molecule has 1 heterocycles. The molecule has 4 aromatic rings. The van der Waals surface area contributed by atoms with Gasteiger partial charge in [0.15, 0.2) is 0 Å². The van der Waals surface area contributed by atoms with Crippen molar-refractivity contribution in [3.8, 4) is 11.1 Å². The fraction of sp³-hybridized carbons (Fsp3) is 0.226. The molecule has 4 rings (SSSR count). The Morgan fingerprint density at radius 1 is 1.02 bits per heavy atom. The van der Waals surface area contributed by atoms with Crippen LogP contribution in [0.15, 0.2) is 82.2 Å². The first-order chi connectivity index (χ1) is 22.7. The number of nitrogens with zero attached hydrogens (tertiary/aromatic N) is 3. The topological polar surface area (TPSA) is 167 Å². The third-order valence-corrected chi connectivity index (χ3v) is 8.15. The maximum Gasteiger partial charge on any atom is 0.442 e. The quantitative estimate of drug-likeness (QED) is 0.109. The van der Waals surface area contributed by atoms with Gasteiger partial charge in [-0.1, -0.05) is 12.1 Å². The lowest BCUT2D eigenvalue weighted by Gasteiger charge is -2.17. The zero-order valence-electron chi connectivity index (χ0n) is 25.8. The standard InChI is InChI=1S/C31H31F4N7O5S/c1-4-47-30(45)42-48(3,46)23-12-10-21(11-13-23)38-28-36-16-24(27(41-28)37-18(2)17-43)19-5-8-22(9-6-19)39-29(44)40-26-15-20(31(33,34)35)7-14-25(26)32/h5-16,18,43H,4,17H2,1-3H3,(H2,39,40,44)(H2,36,37,38,41). The summed E-state index contributed by atoms with van der Waals surface area (Å²) in [6.45, 7) is 3.25. The van der Waals surface area contributed by atoms with Crippen molar-refractivity contribution in [3.63, 3.8) is 0 Å². The molecule has 0 aliphatic carbocycles. The van der Waals surface area contributed by atoms with Crippen molar-refractivity contribution in [1.29, 1.82) is 0 Å². The largest absolute Gasteiger partial charge is 0.448 e. The number of aliphatic hydroxyl groups is 1. The molecule has 254 valence electrons. The van der Waals surface area contributed by atoms with Crippen molar-refractivity contribution < 1.29 is 41.2 Å². The molecule has 0 saturated heterocycles. The van der Waals surface area contributed by atoms with E-state index >= 15 is 0 Å². The Hall–Kier alpha value is -5.29. The van der Waals surface area contributed by atoms with Gasteiger partial charge in [0.2, 0.25) is 5.95 Å². The molecule has 5 N–H and O–H groups in total. The summed E-state index contributed by atoms with van der Waals surface area (Å²) in [5, 5.41) is 20.3. The maximum atomic E-state index is 14.0. The second-order valence-electron chi connectivity index (χ2n) is 10.3. The lowest BCUT2D eigenvalue weighted by atomic mass is 10.1. The number of rotatable bonds is 10. The Labute approximate surface area is 273 Å². The van der Waals surface area contributed by atoms with Gasteiger partial charge in [0.25, 0.3) is 0 Å². The Balaban J connectivity index is 1.50. The van der Waals surface area contributed by atoms with Gasteiger partial charge < -0.3 is 31.1 Å². The highest BCUT2D eigenvalue weighted by Gasteiger charge is 2.31. The molecule has 0 saturated carbocycles. The normalized spacial score (nSPS) is 13.1. The predicted molar refractivity (Wildman–Crippen MR) is 173 cm³/mol. The minimum atomic E-state index is -4.71. The molecule has 0 spiro atoms. The van der Waals surface area contributed by atoms with Crippen molar-refractivity contribution in [2.75, 3.05) is 40.7 Å². The number of aliphatic hydroxyl groups excluding tert-OH is 1. The fourth-order valence-corrected chi connectivity index (χ4v) is 5.21. The molecule has 1 aromatic heterocycles. The minimum Gasteiger partial charge on any atom is -0.448 e. The number of halogens is 4. The summed E-state index contributed by atoms with van der Waals surface area (Å²) in [6.07, 6.45) is -2.78. The van der Waals surface area contributed by atoms with Crippen LogP contribution in [0, 0.1) is 5.82 Å². The van der Waals surface area contributed by atoms with E-state index < -0.39 is 51.1 Å². The number of alkyl halides is 3. The van der Waals surface area contributed by atoms with Gasteiger partial charge in [-0.3, -0.25) is 0 Å². The van der Waals surface area contributed by atoms with Crippen LogP contribution in [0.4, 0.5) is 56.0 Å². The molecule has 3 aromatic carbocycles. The Morgan fingerprint density at radius 2 is 1.69 bits per heavy atom. The van der Waals surface area contributed by atoms with Crippen LogP contribution < -0.4 is 21.3 Å². The van der Waals surface area contributed by atoms with Crippen LogP contribution in [0.3, 0.4) is 0 Å². The predicted octanol–water partition coefficient (Wildman–Crippen LogP) is 7.10. The zero-order chi connectivity index (χ0) is 35.1. The number of urea groups is 1. The van der Waals surface area contributed by atoms with E-state index in [1.807, 2.05) is 0 Å². The van der Waals surface area contributed by atoms with E-state index in [4.69, 9.17) is 4.74 Å². The summed E-state index contributed by atoms with van der Waals surface area (Å²) in [6, 6.07) is 12.9. The van der Waals surface area contributed by atoms with Crippen LogP contribution in [0.2, 0.25) is 0 Å². The maximum absolute atomic E-state index is 14.0. The van der Waals surface area contributed by atoms with E-state index in [0.29, 0.717) is 45.7 Å². The molecule has 2 atom stereocenters. The highest BCUT2D eigenvalue weighted by atomic mass is 32.2. The van der Waals surface area contributed by atoms with Crippen LogP contribution >= 0.6 is 0 Å². The van der Waals surface area contributed by atoms with Gasteiger partial charge in [-0.05, 0) is 74.0 Å². The van der Waals surface area contributed by atoms with Crippen LogP contribution in [0.5, 0.6) is 0 Å². The number of amides is 3. The van der Waals surface area contributed by atoms with E-state index in [9.17, 15) is 36.5 Å². The first-order valence-electron chi connectivity index (χ1n) is 14.2. The average molecular weight is 690 g/mol. The van der Waals surface area contributed by atoms with E-state index in [1.165, 1.54) is 24.6 Å². The summed E-state index contributed by atoms with van der Waals surface area (Å²) in [5.41, 5.74) is 0.190. The lowest BCUT2D eigenvalue weighted by Crippen LogP contribution is -2.21. The number of anilines is 5. The molecule has 2 unspecified atom stereocenters. The molecule has 0 radical (unpaired) electrons. The van der Waals surface area contributed by atoms with Crippen LogP contribution in [0.1, 0.15) is 19.4 Å². The van der Waals surface area contributed by atoms with Crippen molar-refractivity contribution in [2.45, 2.75) is 31.0 Å². The molecular weight excluding hydrogens is 658 g/mol. The summed E-state index contributed by atoms with van der Waals surface area (Å²) in [7, 11) is -3.03. The number of hydrogen-bond donors (Lipinski definition) is 5. The number of carbonyl (C=O) groups is 2. The van der Waals surface area contributed by atoms with Gasteiger partial charge in [-0.2, -0.15) is 18.2 Å². The van der Waals surface area contributed by atoms with E-state index in [1.54, 1.807) is 50.2 Å². The minimum absolute atomic E-state index is 0.104. The zero-order valence-corrected chi connectivity index (χ0v) is 26.6. The molecule has 0 fully saturated rings. The Bertz CT molecular complexity index is 1900. The third-order valence-electron chi connectivity index (χ3n) is 6.51. The first-order valence-corrected chi connectivity index (χ1v) is 16.2. The molecule has 0 bridgehead atoms. The first kappa shape index (κ1) is 35.6. The molecule has 3 amide bonds. The fourth-order valence-electron chi connectivity index (χ4n) is 4.12. The number of hydrogen-bond acceptors (Lipinski definition) is 9. The Morgan fingerprint density at radius 3 is 2.31 bits per heavy atom. The molecule has 0 aliphatic heterocycles. The number of carbonyl (C=O) groups excluding carboxylic acids is 2. The summed E-state index contributed by atoms with van der Waals surface area (Å²) < 4.78 is 74.3. The van der Waals surface area contributed by atoms with Gasteiger partial charge in [0, 0.05) is 40.3 Å². The van der Waals surface area contributed by atoms with Crippen LogP contribution in [0.25, 0.3) is 11.1 Å². The molecule has 48 heavy (non-hydrogen) atoms. The lowest BCUT2D eigenvalue weighted by molar-refractivity contribution is -0.137. The van der Waals surface area contributed by atoms with Gasteiger partial charge >= 0.3 is 18.3 Å². The Kier molecular flexibility index (Phi) is 11.2. The highest BCUT2D eigenvalue weighted by molar-refractivity contribution is 7.93. The summed E-state index contributed by atoms with van der Waals surface area (Å²) in [5.74, 6) is -0.493. The van der Waals surface area contributed by atoms with Crippen LogP contribution in [-0.4, -0.2) is 56.9 Å². The van der Waals surface area contributed by atoms with E-state index in [-0.39, 0.29) is 24.8 Å². The number of benzene rings is 3. The van der Waals surface area contributed by atoms with Gasteiger partial charge in [-0.15, -0.1) is 4.36 Å². The van der Waals surface area contributed by atoms with Crippen LogP contribution in [-0.2, 0) is 20.6 Å². The number of ether oxygens (including phenoxy) is 1.